The van der Waals surface area contributed by atoms with Crippen LogP contribution in [0.5, 0.6) is 11.5 Å². The number of ether oxygens (including phenoxy) is 1. The number of anilines is 2. The molecule has 7 heteroatoms. The highest BCUT2D eigenvalue weighted by molar-refractivity contribution is 5.64. The van der Waals surface area contributed by atoms with Gasteiger partial charge in [0.1, 0.15) is 11.6 Å². The van der Waals surface area contributed by atoms with Crippen LogP contribution in [0.1, 0.15) is 5.56 Å². The van der Waals surface area contributed by atoms with Crippen molar-refractivity contribution in [1.29, 1.82) is 0 Å². The van der Waals surface area contributed by atoms with Crippen LogP contribution in [-0.2, 0) is 6.61 Å². The molecule has 0 spiro atoms. The Kier molecular flexibility index (Phi) is 3.86. The van der Waals surface area contributed by atoms with Crippen molar-refractivity contribution in [1.82, 2.24) is 9.38 Å². The smallest absolute Gasteiger partial charge is 0.265 e. The van der Waals surface area contributed by atoms with Gasteiger partial charge in [0.25, 0.3) is 5.56 Å². The first-order valence-electron chi connectivity index (χ1n) is 6.89. The largest absolute Gasteiger partial charge is 0.508 e. The van der Waals surface area contributed by atoms with Gasteiger partial charge in [0.05, 0.1) is 19.3 Å². The predicted molar refractivity (Wildman–Crippen MR) is 85.3 cm³/mol. The zero-order valence-corrected chi connectivity index (χ0v) is 12.4. The number of pyridine rings is 1. The Balaban J connectivity index is 2.18. The molecule has 0 unspecified atom stereocenters. The van der Waals surface area contributed by atoms with Crippen LogP contribution in [-0.4, -0.2) is 26.7 Å². The Morgan fingerprint density at radius 3 is 2.65 bits per heavy atom. The summed E-state index contributed by atoms with van der Waals surface area (Å²) in [6, 6.07) is 9.67. The van der Waals surface area contributed by atoms with Crippen molar-refractivity contribution in [3.63, 3.8) is 0 Å². The summed E-state index contributed by atoms with van der Waals surface area (Å²) in [6.07, 6.45) is 1.57. The molecule has 0 amide bonds. The number of phenolic OH excluding ortho intramolecular Hbond substituents is 1. The topological polar surface area (TPSA) is 96.1 Å². The molecule has 0 radical (unpaired) electrons. The van der Waals surface area contributed by atoms with E-state index in [0.29, 0.717) is 17.1 Å². The van der Waals surface area contributed by atoms with E-state index in [9.17, 15) is 15.0 Å². The highest BCUT2D eigenvalue weighted by Crippen LogP contribution is 2.23. The Labute approximate surface area is 131 Å². The molecule has 1 aromatic carbocycles. The number of aliphatic hydroxyl groups is 1. The van der Waals surface area contributed by atoms with Crippen molar-refractivity contribution in [2.45, 2.75) is 6.61 Å². The summed E-state index contributed by atoms with van der Waals surface area (Å²) in [4.78, 5) is 16.9. The van der Waals surface area contributed by atoms with Crippen LogP contribution >= 0.6 is 0 Å². The van der Waals surface area contributed by atoms with E-state index in [-0.39, 0.29) is 22.7 Å². The van der Waals surface area contributed by atoms with Gasteiger partial charge < -0.3 is 20.3 Å². The molecular formula is C16H15N3O4. The van der Waals surface area contributed by atoms with Gasteiger partial charge in [-0.3, -0.25) is 9.20 Å². The molecule has 0 aliphatic carbocycles. The van der Waals surface area contributed by atoms with E-state index in [2.05, 4.69) is 10.3 Å². The van der Waals surface area contributed by atoms with Crippen molar-refractivity contribution < 1.29 is 14.9 Å². The van der Waals surface area contributed by atoms with Crippen LogP contribution < -0.4 is 15.6 Å². The maximum absolute atomic E-state index is 12.5. The van der Waals surface area contributed by atoms with Gasteiger partial charge in [0, 0.05) is 11.9 Å². The van der Waals surface area contributed by atoms with Gasteiger partial charge in [0.15, 0.2) is 11.4 Å². The third kappa shape index (κ3) is 2.69. The summed E-state index contributed by atoms with van der Waals surface area (Å²) in [5.74, 6) is 0.821. The number of phenols is 1. The summed E-state index contributed by atoms with van der Waals surface area (Å²) < 4.78 is 6.56. The summed E-state index contributed by atoms with van der Waals surface area (Å²) in [5, 5.41) is 21.9. The quantitative estimate of drug-likeness (QED) is 0.634. The minimum absolute atomic E-state index is 0.131. The fraction of sp³-hybridized carbons (Fsp3) is 0.125. The number of nitrogens with zero attached hydrogens (tertiary/aromatic N) is 2. The first-order valence-corrected chi connectivity index (χ1v) is 6.89. The molecule has 0 aliphatic rings. The Morgan fingerprint density at radius 1 is 1.26 bits per heavy atom. The highest BCUT2D eigenvalue weighted by atomic mass is 16.5. The van der Waals surface area contributed by atoms with Crippen LogP contribution in [0.3, 0.4) is 0 Å². The standard InChI is InChI=1S/C16H15N3O4/c1-23-13-3-2-8-19-15(13)18-14(12(9-20)16(19)22)17-10-4-6-11(21)7-5-10/h2-8,17,20-21H,9H2,1H3. The Bertz CT molecular complexity index is 904. The van der Waals surface area contributed by atoms with Crippen LogP contribution in [0.4, 0.5) is 11.5 Å². The minimum Gasteiger partial charge on any atom is -0.508 e. The van der Waals surface area contributed by atoms with Gasteiger partial charge in [-0.2, -0.15) is 0 Å². The zero-order chi connectivity index (χ0) is 16.4. The summed E-state index contributed by atoms with van der Waals surface area (Å²) >= 11 is 0. The molecule has 7 nitrogen and oxygen atoms in total. The molecule has 0 saturated carbocycles. The summed E-state index contributed by atoms with van der Waals surface area (Å²) in [7, 11) is 1.49. The maximum atomic E-state index is 12.5. The number of aliphatic hydroxyl groups excluding tert-OH is 1. The molecule has 118 valence electrons. The molecule has 2 heterocycles. The lowest BCUT2D eigenvalue weighted by atomic mass is 10.2. The number of hydrogen-bond donors (Lipinski definition) is 3. The first kappa shape index (κ1) is 14.9. The lowest BCUT2D eigenvalue weighted by Gasteiger charge is -2.13. The predicted octanol–water partition coefficient (Wildman–Crippen LogP) is 1.64. The van der Waals surface area contributed by atoms with Gasteiger partial charge in [0.2, 0.25) is 0 Å². The highest BCUT2D eigenvalue weighted by Gasteiger charge is 2.14. The average molecular weight is 313 g/mol. The number of fused-ring (bicyclic) bond motifs is 1. The normalized spacial score (nSPS) is 10.7. The second-order valence-corrected chi connectivity index (χ2v) is 4.84. The monoisotopic (exact) mass is 313 g/mol. The Hall–Kier alpha value is -3.06. The van der Waals surface area contributed by atoms with Gasteiger partial charge >= 0.3 is 0 Å². The van der Waals surface area contributed by atoms with E-state index in [0.717, 1.165) is 0 Å². The second-order valence-electron chi connectivity index (χ2n) is 4.84. The van der Waals surface area contributed by atoms with Crippen molar-refractivity contribution in [2.24, 2.45) is 0 Å². The van der Waals surface area contributed by atoms with E-state index in [1.165, 1.54) is 23.6 Å². The number of aromatic hydroxyl groups is 1. The summed E-state index contributed by atoms with van der Waals surface area (Å²) in [6.45, 7) is -0.452. The number of rotatable bonds is 4. The minimum atomic E-state index is -0.452. The van der Waals surface area contributed by atoms with E-state index < -0.39 is 6.61 Å². The molecule has 2 aromatic heterocycles. The van der Waals surface area contributed by atoms with Crippen LogP contribution in [0.2, 0.25) is 0 Å². The van der Waals surface area contributed by atoms with Gasteiger partial charge in [-0.25, -0.2) is 4.98 Å². The van der Waals surface area contributed by atoms with Crippen molar-refractivity contribution in [2.75, 3.05) is 12.4 Å². The molecular weight excluding hydrogens is 298 g/mol. The molecule has 0 fully saturated rings. The van der Waals surface area contributed by atoms with Crippen molar-refractivity contribution in [3.05, 3.63) is 58.5 Å². The van der Waals surface area contributed by atoms with Crippen LogP contribution in [0.15, 0.2) is 47.4 Å². The fourth-order valence-corrected chi connectivity index (χ4v) is 2.26. The number of methoxy groups -OCH3 is 1. The van der Waals surface area contributed by atoms with Gasteiger partial charge in [-0.05, 0) is 36.4 Å². The number of nitrogens with one attached hydrogen (secondary N) is 1. The summed E-state index contributed by atoms with van der Waals surface area (Å²) in [5.41, 5.74) is 0.739. The van der Waals surface area contributed by atoms with Crippen molar-refractivity contribution >= 4 is 17.2 Å². The van der Waals surface area contributed by atoms with Crippen LogP contribution in [0, 0.1) is 0 Å². The molecule has 3 aromatic rings. The molecule has 0 atom stereocenters. The number of hydrogen-bond acceptors (Lipinski definition) is 6. The third-order valence-electron chi connectivity index (χ3n) is 3.42. The molecule has 0 bridgehead atoms. The van der Waals surface area contributed by atoms with Crippen molar-refractivity contribution in [3.8, 4) is 11.5 Å². The van der Waals surface area contributed by atoms with Gasteiger partial charge in [-0.1, -0.05) is 0 Å². The van der Waals surface area contributed by atoms with E-state index >= 15 is 0 Å². The fourth-order valence-electron chi connectivity index (χ4n) is 2.26. The number of aromatic nitrogens is 2. The SMILES string of the molecule is COc1cccn2c(=O)c(CO)c(Nc3ccc(O)cc3)nc12. The number of benzene rings is 1. The molecule has 0 aliphatic heterocycles. The van der Waals surface area contributed by atoms with E-state index in [1.807, 2.05) is 0 Å². The van der Waals surface area contributed by atoms with E-state index in [1.54, 1.807) is 30.5 Å². The second kappa shape index (κ2) is 5.98. The van der Waals surface area contributed by atoms with Gasteiger partial charge in [-0.15, -0.1) is 0 Å². The third-order valence-corrected chi connectivity index (χ3v) is 3.42. The average Bonchev–Trinajstić information content (AvgIpc) is 2.57. The lowest BCUT2D eigenvalue weighted by Crippen LogP contribution is -2.22. The Morgan fingerprint density at radius 2 is 2.00 bits per heavy atom. The lowest BCUT2D eigenvalue weighted by molar-refractivity contribution is 0.280. The molecule has 3 rings (SSSR count). The molecule has 0 saturated heterocycles. The molecule has 23 heavy (non-hydrogen) atoms. The zero-order valence-electron chi connectivity index (χ0n) is 12.4. The van der Waals surface area contributed by atoms with E-state index in [4.69, 9.17) is 4.74 Å². The first-order chi connectivity index (χ1) is 11.1. The molecule has 3 N–H and O–H groups in total. The maximum Gasteiger partial charge on any atom is 0.265 e. The van der Waals surface area contributed by atoms with Crippen LogP contribution in [0.25, 0.3) is 5.65 Å².